The molecule has 0 bridgehead atoms. The zero-order valence-electron chi connectivity index (χ0n) is 12.6. The molecule has 5 N–H and O–H groups in total. The first kappa shape index (κ1) is 16.4. The maximum Gasteiger partial charge on any atom is 0.221 e. The van der Waals surface area contributed by atoms with Crippen molar-refractivity contribution in [2.75, 3.05) is 12.3 Å². The molecule has 0 radical (unpaired) electrons. The Kier molecular flexibility index (Phi) is 5.83. The lowest BCUT2D eigenvalue weighted by atomic mass is 9.82. The lowest BCUT2D eigenvalue weighted by molar-refractivity contribution is -0.121. The Morgan fingerprint density at radius 3 is 2.50 bits per heavy atom. The average Bonchev–Trinajstić information content (AvgIpc) is 2.50. The third-order valence-corrected chi connectivity index (χ3v) is 4.05. The quantitative estimate of drug-likeness (QED) is 0.663. The summed E-state index contributed by atoms with van der Waals surface area (Å²) in [6.07, 6.45) is 7.37. The van der Waals surface area contributed by atoms with Crippen molar-refractivity contribution in [2.24, 2.45) is 11.7 Å². The predicted octanol–water partition coefficient (Wildman–Crippen LogP) is 0.655. The van der Waals surface area contributed by atoms with E-state index < -0.39 is 0 Å². The van der Waals surface area contributed by atoms with Gasteiger partial charge in [0.25, 0.3) is 0 Å². The summed E-state index contributed by atoms with van der Waals surface area (Å²) >= 11 is 0. The SMILES string of the molecule is NCCC(=O)NC1CCC(CC(=O)c2nccnc2N)CC1. The molecule has 0 unspecified atom stereocenters. The average molecular weight is 305 g/mol. The number of anilines is 1. The van der Waals surface area contributed by atoms with Crippen molar-refractivity contribution >= 4 is 17.5 Å². The number of nitrogen functional groups attached to an aromatic ring is 1. The van der Waals surface area contributed by atoms with E-state index in [1.165, 1.54) is 12.4 Å². The van der Waals surface area contributed by atoms with Crippen molar-refractivity contribution in [1.82, 2.24) is 15.3 Å². The lowest BCUT2D eigenvalue weighted by Gasteiger charge is -2.28. The van der Waals surface area contributed by atoms with Gasteiger partial charge in [0.1, 0.15) is 5.69 Å². The summed E-state index contributed by atoms with van der Waals surface area (Å²) in [5, 5.41) is 2.99. The predicted molar refractivity (Wildman–Crippen MR) is 83.0 cm³/mol. The normalized spacial score (nSPS) is 21.3. The minimum Gasteiger partial charge on any atom is -0.382 e. The topological polar surface area (TPSA) is 124 Å². The standard InChI is InChI=1S/C15H23N5O2/c16-6-5-13(22)20-11-3-1-10(2-4-11)9-12(21)14-15(17)19-8-7-18-14/h7-8,10-11H,1-6,9,16H2,(H2,17,19)(H,20,22). The van der Waals surface area contributed by atoms with E-state index in [0.717, 1.165) is 25.7 Å². The molecule has 1 aromatic rings. The molecule has 1 aromatic heterocycles. The molecule has 1 aliphatic rings. The van der Waals surface area contributed by atoms with Gasteiger partial charge in [-0.1, -0.05) is 0 Å². The van der Waals surface area contributed by atoms with Gasteiger partial charge in [-0.3, -0.25) is 9.59 Å². The van der Waals surface area contributed by atoms with Crippen molar-refractivity contribution in [2.45, 2.75) is 44.6 Å². The van der Waals surface area contributed by atoms with Gasteiger partial charge in [-0.15, -0.1) is 0 Å². The monoisotopic (exact) mass is 305 g/mol. The number of hydrogen-bond donors (Lipinski definition) is 3. The highest BCUT2D eigenvalue weighted by atomic mass is 16.1. The van der Waals surface area contributed by atoms with Crippen LogP contribution in [0.2, 0.25) is 0 Å². The van der Waals surface area contributed by atoms with Gasteiger partial charge in [0, 0.05) is 37.8 Å². The second kappa shape index (κ2) is 7.84. The summed E-state index contributed by atoms with van der Waals surface area (Å²) in [5.74, 6) is 0.461. The van der Waals surface area contributed by atoms with E-state index in [1.807, 2.05) is 0 Å². The number of ketones is 1. The maximum atomic E-state index is 12.2. The van der Waals surface area contributed by atoms with Crippen LogP contribution < -0.4 is 16.8 Å². The number of nitrogens with one attached hydrogen (secondary N) is 1. The molecule has 0 saturated heterocycles. The number of carbonyl (C=O) groups excluding carboxylic acids is 2. The van der Waals surface area contributed by atoms with E-state index in [1.54, 1.807) is 0 Å². The number of rotatable bonds is 6. The van der Waals surface area contributed by atoms with Gasteiger partial charge in [0.15, 0.2) is 11.6 Å². The number of aromatic nitrogens is 2. The largest absolute Gasteiger partial charge is 0.382 e. The van der Waals surface area contributed by atoms with E-state index in [4.69, 9.17) is 11.5 Å². The van der Waals surface area contributed by atoms with Gasteiger partial charge < -0.3 is 16.8 Å². The summed E-state index contributed by atoms with van der Waals surface area (Å²) < 4.78 is 0. The third-order valence-electron chi connectivity index (χ3n) is 4.05. The number of nitrogens with two attached hydrogens (primary N) is 2. The molecule has 0 aliphatic heterocycles. The van der Waals surface area contributed by atoms with Gasteiger partial charge in [0.05, 0.1) is 0 Å². The molecule has 7 nitrogen and oxygen atoms in total. The van der Waals surface area contributed by atoms with E-state index >= 15 is 0 Å². The van der Waals surface area contributed by atoms with Crippen LogP contribution >= 0.6 is 0 Å². The molecule has 0 atom stereocenters. The van der Waals surface area contributed by atoms with Crippen molar-refractivity contribution in [3.8, 4) is 0 Å². The molecule has 1 heterocycles. The van der Waals surface area contributed by atoms with Crippen LogP contribution in [0.15, 0.2) is 12.4 Å². The number of carbonyl (C=O) groups is 2. The van der Waals surface area contributed by atoms with E-state index in [0.29, 0.717) is 25.3 Å². The van der Waals surface area contributed by atoms with Gasteiger partial charge in [-0.2, -0.15) is 0 Å². The fourth-order valence-corrected chi connectivity index (χ4v) is 2.86. The Labute approximate surface area is 129 Å². The number of Topliss-reactive ketones (excluding diaryl/α,β-unsaturated/α-hetero) is 1. The van der Waals surface area contributed by atoms with Crippen LogP contribution in [0.5, 0.6) is 0 Å². The smallest absolute Gasteiger partial charge is 0.221 e. The second-order valence-electron chi connectivity index (χ2n) is 5.74. The molecule has 1 fully saturated rings. The first-order valence-electron chi connectivity index (χ1n) is 7.69. The summed E-state index contributed by atoms with van der Waals surface area (Å²) in [6, 6.07) is 0.201. The summed E-state index contributed by atoms with van der Waals surface area (Å²) in [5.41, 5.74) is 11.3. The number of nitrogens with zero attached hydrogens (tertiary/aromatic N) is 2. The van der Waals surface area contributed by atoms with Crippen LogP contribution in [0.25, 0.3) is 0 Å². The third kappa shape index (κ3) is 4.49. The molecule has 1 aliphatic carbocycles. The van der Waals surface area contributed by atoms with E-state index in [2.05, 4.69) is 15.3 Å². The van der Waals surface area contributed by atoms with Gasteiger partial charge >= 0.3 is 0 Å². The highest BCUT2D eigenvalue weighted by Crippen LogP contribution is 2.28. The minimum atomic E-state index is -0.0544. The van der Waals surface area contributed by atoms with Crippen LogP contribution in [-0.2, 0) is 4.79 Å². The number of amides is 1. The molecule has 7 heteroatoms. The Balaban J connectivity index is 1.79. The molecule has 1 amide bonds. The lowest BCUT2D eigenvalue weighted by Crippen LogP contribution is -2.38. The Bertz CT molecular complexity index is 526. The minimum absolute atomic E-state index is 0.00867. The first-order valence-corrected chi connectivity index (χ1v) is 7.69. The summed E-state index contributed by atoms with van der Waals surface area (Å²) in [7, 11) is 0. The summed E-state index contributed by atoms with van der Waals surface area (Å²) in [6.45, 7) is 0.370. The van der Waals surface area contributed by atoms with Crippen molar-refractivity contribution in [3.05, 3.63) is 18.1 Å². The molecule has 0 aromatic carbocycles. The Hall–Kier alpha value is -2.02. The van der Waals surface area contributed by atoms with Crippen molar-refractivity contribution in [1.29, 1.82) is 0 Å². The second-order valence-corrected chi connectivity index (χ2v) is 5.74. The van der Waals surface area contributed by atoms with Gasteiger partial charge in [0.2, 0.25) is 5.91 Å². The molecular weight excluding hydrogens is 282 g/mol. The van der Waals surface area contributed by atoms with Crippen LogP contribution in [0.4, 0.5) is 5.82 Å². The Morgan fingerprint density at radius 2 is 1.86 bits per heavy atom. The molecule has 22 heavy (non-hydrogen) atoms. The number of hydrogen-bond acceptors (Lipinski definition) is 6. The molecule has 120 valence electrons. The fraction of sp³-hybridized carbons (Fsp3) is 0.600. The zero-order chi connectivity index (χ0) is 15.9. The van der Waals surface area contributed by atoms with Gasteiger partial charge in [-0.25, -0.2) is 9.97 Å². The molecule has 1 saturated carbocycles. The van der Waals surface area contributed by atoms with Crippen LogP contribution in [0.1, 0.15) is 49.0 Å². The van der Waals surface area contributed by atoms with Crippen molar-refractivity contribution in [3.63, 3.8) is 0 Å². The van der Waals surface area contributed by atoms with Crippen LogP contribution in [-0.4, -0.2) is 34.2 Å². The fourth-order valence-electron chi connectivity index (χ4n) is 2.86. The zero-order valence-corrected chi connectivity index (χ0v) is 12.6. The van der Waals surface area contributed by atoms with Gasteiger partial charge in [-0.05, 0) is 31.6 Å². The molecular formula is C15H23N5O2. The highest BCUT2D eigenvalue weighted by Gasteiger charge is 2.25. The van der Waals surface area contributed by atoms with Crippen molar-refractivity contribution < 1.29 is 9.59 Å². The summed E-state index contributed by atoms with van der Waals surface area (Å²) in [4.78, 5) is 31.6. The maximum absolute atomic E-state index is 12.2. The Morgan fingerprint density at radius 1 is 1.18 bits per heavy atom. The van der Waals surface area contributed by atoms with E-state index in [9.17, 15) is 9.59 Å². The van der Waals surface area contributed by atoms with Crippen LogP contribution in [0.3, 0.4) is 0 Å². The first-order chi connectivity index (χ1) is 10.6. The van der Waals surface area contributed by atoms with E-state index in [-0.39, 0.29) is 29.2 Å². The van der Waals surface area contributed by atoms with Crippen LogP contribution in [0, 0.1) is 5.92 Å². The molecule has 0 spiro atoms. The highest BCUT2D eigenvalue weighted by molar-refractivity contribution is 5.98. The molecule has 2 rings (SSSR count).